The molecule has 1 aliphatic heterocycles. The highest BCUT2D eigenvalue weighted by atomic mass is 35.5. The molecule has 1 saturated heterocycles. The van der Waals surface area contributed by atoms with E-state index in [9.17, 15) is 4.79 Å². The summed E-state index contributed by atoms with van der Waals surface area (Å²) in [6.07, 6.45) is 0.540. The first-order chi connectivity index (χ1) is 14.6. The van der Waals surface area contributed by atoms with Gasteiger partial charge in [-0.15, -0.1) is 0 Å². The highest BCUT2D eigenvalue weighted by molar-refractivity contribution is 6.32. The van der Waals surface area contributed by atoms with Crippen LogP contribution in [-0.2, 0) is 9.53 Å². The Bertz CT molecular complexity index is 997. The number of aliphatic carboxylic acids is 1. The summed E-state index contributed by atoms with van der Waals surface area (Å²) in [6.45, 7) is 13.9. The van der Waals surface area contributed by atoms with Gasteiger partial charge in [-0.1, -0.05) is 53.6 Å². The van der Waals surface area contributed by atoms with Crippen molar-refractivity contribution in [2.24, 2.45) is 5.92 Å². The van der Waals surface area contributed by atoms with E-state index in [0.717, 1.165) is 28.7 Å². The van der Waals surface area contributed by atoms with E-state index in [4.69, 9.17) is 26.2 Å². The van der Waals surface area contributed by atoms with E-state index in [2.05, 4.69) is 44.7 Å². The van der Waals surface area contributed by atoms with Gasteiger partial charge in [-0.2, -0.15) is 0 Å². The molecule has 3 rings (SSSR count). The number of hydrogen-bond acceptors (Lipinski definition) is 3. The van der Waals surface area contributed by atoms with Gasteiger partial charge >= 0.3 is 5.97 Å². The molecule has 2 aromatic carbocycles. The van der Waals surface area contributed by atoms with E-state index in [1.54, 1.807) is 0 Å². The molecular formula is C26H31ClO4. The first-order valence-electron chi connectivity index (χ1n) is 10.6. The molecule has 1 heterocycles. The van der Waals surface area contributed by atoms with Crippen LogP contribution < -0.4 is 4.74 Å². The number of hydrogen-bond donors (Lipinski definition) is 1. The summed E-state index contributed by atoms with van der Waals surface area (Å²) < 4.78 is 12.3. The molecule has 0 saturated carbocycles. The Morgan fingerprint density at radius 3 is 2.61 bits per heavy atom. The van der Waals surface area contributed by atoms with Crippen LogP contribution in [0.15, 0.2) is 42.5 Å². The van der Waals surface area contributed by atoms with E-state index >= 15 is 0 Å². The van der Waals surface area contributed by atoms with Crippen molar-refractivity contribution in [3.05, 3.63) is 75.3 Å². The summed E-state index contributed by atoms with van der Waals surface area (Å²) in [7, 11) is 0. The normalized spacial score (nSPS) is 23.4. The highest BCUT2D eigenvalue weighted by Gasteiger charge is 2.40. The number of halogens is 1. The number of ether oxygens (including phenoxy) is 2. The predicted octanol–water partition coefficient (Wildman–Crippen LogP) is 6.55. The highest BCUT2D eigenvalue weighted by Crippen LogP contribution is 2.50. The van der Waals surface area contributed by atoms with Crippen LogP contribution in [0.25, 0.3) is 0 Å². The minimum atomic E-state index is -1.02. The Morgan fingerprint density at radius 2 is 2.00 bits per heavy atom. The molecule has 0 aromatic heterocycles. The van der Waals surface area contributed by atoms with E-state index in [-0.39, 0.29) is 24.0 Å². The summed E-state index contributed by atoms with van der Waals surface area (Å²) in [5, 5.41) is 9.79. The molecule has 166 valence electrons. The van der Waals surface area contributed by atoms with Gasteiger partial charge in [0, 0.05) is 22.4 Å². The molecular weight excluding hydrogens is 412 g/mol. The molecule has 0 radical (unpaired) electrons. The lowest BCUT2D eigenvalue weighted by molar-refractivity contribution is -0.139. The first kappa shape index (κ1) is 23.4. The summed E-state index contributed by atoms with van der Waals surface area (Å²) in [5.41, 5.74) is 6.04. The molecule has 0 unspecified atom stereocenters. The second kappa shape index (κ2) is 9.46. The fourth-order valence-electron chi connectivity index (χ4n) is 4.60. The van der Waals surface area contributed by atoms with Gasteiger partial charge in [0.25, 0.3) is 0 Å². The van der Waals surface area contributed by atoms with Gasteiger partial charge in [-0.05, 0) is 63.8 Å². The van der Waals surface area contributed by atoms with Crippen molar-refractivity contribution in [2.75, 3.05) is 6.61 Å². The molecule has 1 N–H and O–H groups in total. The maximum Gasteiger partial charge on any atom is 0.341 e. The predicted molar refractivity (Wildman–Crippen MR) is 124 cm³/mol. The maximum absolute atomic E-state index is 11.2. The monoisotopic (exact) mass is 442 g/mol. The van der Waals surface area contributed by atoms with Crippen molar-refractivity contribution in [3.8, 4) is 5.75 Å². The molecule has 0 amide bonds. The number of benzene rings is 2. The molecule has 0 aliphatic carbocycles. The molecule has 1 aliphatic rings. The fourth-order valence-corrected chi connectivity index (χ4v) is 4.75. The Hall–Kier alpha value is -2.30. The first-order valence-corrected chi connectivity index (χ1v) is 11.0. The summed E-state index contributed by atoms with van der Waals surface area (Å²) >= 11 is 6.59. The minimum absolute atomic E-state index is 0.0331. The van der Waals surface area contributed by atoms with Crippen molar-refractivity contribution < 1.29 is 19.4 Å². The Labute approximate surface area is 189 Å². The lowest BCUT2D eigenvalue weighted by Gasteiger charge is -2.42. The molecule has 31 heavy (non-hydrogen) atoms. The van der Waals surface area contributed by atoms with Crippen LogP contribution in [0.2, 0.25) is 5.02 Å². The standard InChI is InChI=1S/C26H31ClO4/c1-14(2)20-12-21(19-9-7-8-15(3)10-19)18(6)31-26(20)24-17(5)25(27)16(4)11-22(24)30-13-23(28)29/h7-11,18,20-21,26H,1,12-13H2,2-6H3,(H,28,29)/t18-,20+,21-,26-/m0/s1. The molecule has 5 heteroatoms. The zero-order valence-corrected chi connectivity index (χ0v) is 19.6. The Kier molecular flexibility index (Phi) is 7.13. The van der Waals surface area contributed by atoms with Gasteiger partial charge in [0.2, 0.25) is 0 Å². The van der Waals surface area contributed by atoms with Crippen molar-refractivity contribution in [1.82, 2.24) is 0 Å². The van der Waals surface area contributed by atoms with Crippen molar-refractivity contribution in [2.45, 2.75) is 59.2 Å². The van der Waals surface area contributed by atoms with Gasteiger partial charge in [-0.3, -0.25) is 0 Å². The zero-order chi connectivity index (χ0) is 22.9. The van der Waals surface area contributed by atoms with Crippen LogP contribution in [0, 0.1) is 26.7 Å². The minimum Gasteiger partial charge on any atom is -0.482 e. The van der Waals surface area contributed by atoms with Crippen molar-refractivity contribution in [3.63, 3.8) is 0 Å². The van der Waals surface area contributed by atoms with Crippen LogP contribution >= 0.6 is 11.6 Å². The zero-order valence-electron chi connectivity index (χ0n) is 18.9. The van der Waals surface area contributed by atoms with E-state index in [0.29, 0.717) is 10.8 Å². The van der Waals surface area contributed by atoms with Gasteiger partial charge in [0.05, 0.1) is 12.2 Å². The van der Waals surface area contributed by atoms with E-state index in [1.807, 2.05) is 26.8 Å². The third-order valence-electron chi connectivity index (χ3n) is 6.23. The number of carboxylic acid groups (broad SMARTS) is 1. The topological polar surface area (TPSA) is 55.8 Å². The molecule has 1 fully saturated rings. The lowest BCUT2D eigenvalue weighted by Crippen LogP contribution is -2.35. The fraction of sp³-hybridized carbons (Fsp3) is 0.423. The smallest absolute Gasteiger partial charge is 0.341 e. The SMILES string of the molecule is C=C(C)[C@H]1C[C@H](c2cccc(C)c2)[C@H](C)O[C@@H]1c1c(OCC(=O)O)cc(C)c(Cl)c1C. The van der Waals surface area contributed by atoms with Crippen molar-refractivity contribution >= 4 is 17.6 Å². The molecule has 2 aromatic rings. The van der Waals surface area contributed by atoms with E-state index in [1.165, 1.54) is 11.1 Å². The molecule has 4 nitrogen and oxygen atoms in total. The second-order valence-corrected chi connectivity index (χ2v) is 9.08. The van der Waals surface area contributed by atoms with Crippen LogP contribution in [0.5, 0.6) is 5.75 Å². The second-order valence-electron chi connectivity index (χ2n) is 8.70. The third-order valence-corrected chi connectivity index (χ3v) is 6.81. The van der Waals surface area contributed by atoms with Gasteiger partial charge < -0.3 is 14.6 Å². The van der Waals surface area contributed by atoms with Crippen LogP contribution in [0.1, 0.15) is 60.1 Å². The number of carboxylic acids is 1. The largest absolute Gasteiger partial charge is 0.482 e. The molecule has 0 spiro atoms. The van der Waals surface area contributed by atoms with E-state index < -0.39 is 12.6 Å². The molecule has 4 atom stereocenters. The number of aryl methyl sites for hydroxylation is 2. The van der Waals surface area contributed by atoms with Crippen molar-refractivity contribution in [1.29, 1.82) is 0 Å². The Balaban J connectivity index is 2.05. The van der Waals surface area contributed by atoms with Crippen LogP contribution in [0.3, 0.4) is 0 Å². The van der Waals surface area contributed by atoms with Crippen LogP contribution in [-0.4, -0.2) is 23.8 Å². The van der Waals surface area contributed by atoms with Gasteiger partial charge in [0.15, 0.2) is 6.61 Å². The summed E-state index contributed by atoms with van der Waals surface area (Å²) in [4.78, 5) is 11.2. The third kappa shape index (κ3) is 4.97. The number of rotatable bonds is 6. The quantitative estimate of drug-likeness (QED) is 0.515. The average Bonchev–Trinajstić information content (AvgIpc) is 2.70. The van der Waals surface area contributed by atoms with Gasteiger partial charge in [-0.25, -0.2) is 4.79 Å². The molecule has 0 bridgehead atoms. The number of carbonyl (C=O) groups is 1. The average molecular weight is 443 g/mol. The van der Waals surface area contributed by atoms with Crippen LogP contribution in [0.4, 0.5) is 0 Å². The maximum atomic E-state index is 11.2. The van der Waals surface area contributed by atoms with Gasteiger partial charge in [0.1, 0.15) is 5.75 Å². The Morgan fingerprint density at radius 1 is 1.29 bits per heavy atom. The lowest BCUT2D eigenvalue weighted by atomic mass is 9.75. The summed E-state index contributed by atoms with van der Waals surface area (Å²) in [5.74, 6) is -0.224. The summed E-state index contributed by atoms with van der Waals surface area (Å²) in [6, 6.07) is 10.4.